The highest BCUT2D eigenvalue weighted by molar-refractivity contribution is 6.35. The van der Waals surface area contributed by atoms with Gasteiger partial charge in [-0.1, -0.05) is 72.8 Å². The van der Waals surface area contributed by atoms with Crippen molar-refractivity contribution in [2.24, 2.45) is 0 Å². The van der Waals surface area contributed by atoms with Gasteiger partial charge in [-0.3, -0.25) is 19.2 Å². The van der Waals surface area contributed by atoms with Crippen molar-refractivity contribution in [1.82, 2.24) is 0 Å². The highest BCUT2D eigenvalue weighted by Gasteiger charge is 2.19. The molecular formula is C28H18O5. The van der Waals surface area contributed by atoms with Crippen LogP contribution < -0.4 is 4.74 Å². The minimum absolute atomic E-state index is 0.0583. The van der Waals surface area contributed by atoms with E-state index in [0.717, 1.165) is 22.3 Å². The monoisotopic (exact) mass is 434 g/mol. The Hall–Kier alpha value is -4.64. The Morgan fingerprint density at radius 3 is 1.27 bits per heavy atom. The van der Waals surface area contributed by atoms with Gasteiger partial charge in [-0.15, -0.1) is 0 Å². The molecule has 4 rings (SSSR count). The van der Waals surface area contributed by atoms with Gasteiger partial charge in [-0.05, 0) is 46.5 Å². The fraction of sp³-hybridized carbons (Fsp3) is 0. The summed E-state index contributed by atoms with van der Waals surface area (Å²) in [6.45, 7) is 0. The Kier molecular flexibility index (Phi) is 6.32. The molecule has 160 valence electrons. The van der Waals surface area contributed by atoms with Gasteiger partial charge in [0.25, 0.3) is 0 Å². The highest BCUT2D eigenvalue weighted by atomic mass is 16.5. The summed E-state index contributed by atoms with van der Waals surface area (Å²) in [5, 5.41) is 0. The van der Waals surface area contributed by atoms with Crippen molar-refractivity contribution in [3.63, 3.8) is 0 Å². The molecule has 4 aromatic carbocycles. The van der Waals surface area contributed by atoms with Crippen LogP contribution in [0.4, 0.5) is 0 Å². The van der Waals surface area contributed by atoms with Gasteiger partial charge in [0.2, 0.25) is 11.6 Å². The first-order valence-corrected chi connectivity index (χ1v) is 10.2. The number of hydrogen-bond donors (Lipinski definition) is 0. The van der Waals surface area contributed by atoms with E-state index >= 15 is 0 Å². The molecule has 0 aliphatic heterocycles. The van der Waals surface area contributed by atoms with Crippen LogP contribution in [0.25, 0.3) is 22.3 Å². The standard InChI is InChI=1S/C28H18O5/c29-17-25(31)23-15-21(19-7-3-1-4-8-19)11-13-27(23)33-28-14-12-22(16-24(28)26(32)18-30)20-9-5-2-6-10-20/h1-18H. The van der Waals surface area contributed by atoms with Gasteiger partial charge in [-0.2, -0.15) is 0 Å². The Balaban J connectivity index is 1.77. The lowest BCUT2D eigenvalue weighted by atomic mass is 9.99. The molecule has 0 spiro atoms. The maximum atomic E-state index is 12.4. The summed E-state index contributed by atoms with van der Waals surface area (Å²) in [6, 6.07) is 28.5. The van der Waals surface area contributed by atoms with Crippen molar-refractivity contribution in [1.29, 1.82) is 0 Å². The van der Waals surface area contributed by atoms with Crippen molar-refractivity contribution in [3.8, 4) is 33.8 Å². The maximum Gasteiger partial charge on any atom is 0.229 e. The van der Waals surface area contributed by atoms with Crippen LogP contribution >= 0.6 is 0 Å². The second kappa shape index (κ2) is 9.66. The SMILES string of the molecule is O=CC(=O)c1cc(-c2ccccc2)ccc1Oc1ccc(-c2ccccc2)cc1C(=O)C=O. The summed E-state index contributed by atoms with van der Waals surface area (Å²) in [4.78, 5) is 47.3. The lowest BCUT2D eigenvalue weighted by Crippen LogP contribution is -2.06. The zero-order valence-corrected chi connectivity index (χ0v) is 17.4. The van der Waals surface area contributed by atoms with E-state index in [0.29, 0.717) is 0 Å². The molecule has 0 fully saturated rings. The summed E-state index contributed by atoms with van der Waals surface area (Å²) in [5.41, 5.74) is 3.32. The molecule has 33 heavy (non-hydrogen) atoms. The highest BCUT2D eigenvalue weighted by Crippen LogP contribution is 2.34. The first-order valence-electron chi connectivity index (χ1n) is 10.2. The summed E-state index contributed by atoms with van der Waals surface area (Å²) in [6.07, 6.45) is 0.430. The second-order valence-corrected chi connectivity index (χ2v) is 7.22. The Morgan fingerprint density at radius 2 is 0.909 bits per heavy atom. The summed E-state index contributed by atoms with van der Waals surface area (Å²) in [7, 11) is 0. The summed E-state index contributed by atoms with van der Waals surface area (Å²) < 4.78 is 5.91. The van der Waals surface area contributed by atoms with Crippen molar-refractivity contribution in [2.45, 2.75) is 0 Å². The number of hydrogen-bond acceptors (Lipinski definition) is 5. The first-order chi connectivity index (χ1) is 16.1. The van der Waals surface area contributed by atoms with E-state index in [-0.39, 0.29) is 35.2 Å². The van der Waals surface area contributed by atoms with E-state index in [1.54, 1.807) is 36.4 Å². The third-order valence-electron chi connectivity index (χ3n) is 5.14. The molecule has 0 amide bonds. The van der Waals surface area contributed by atoms with Crippen LogP contribution in [-0.2, 0) is 9.59 Å². The number of carbonyl (C=O) groups is 4. The van der Waals surface area contributed by atoms with Crippen LogP contribution in [0.1, 0.15) is 20.7 Å². The lowest BCUT2D eigenvalue weighted by molar-refractivity contribution is -0.105. The van der Waals surface area contributed by atoms with Gasteiger partial charge < -0.3 is 4.74 Å². The van der Waals surface area contributed by atoms with Gasteiger partial charge >= 0.3 is 0 Å². The number of rotatable bonds is 8. The van der Waals surface area contributed by atoms with Gasteiger partial charge in [0.1, 0.15) is 11.5 Å². The number of Topliss-reactive ketones (excluding diaryl/α,β-unsaturated/α-hetero) is 2. The quantitative estimate of drug-likeness (QED) is 0.206. The Bertz CT molecular complexity index is 1240. The molecule has 0 radical (unpaired) electrons. The number of carbonyl (C=O) groups excluding carboxylic acids is 4. The summed E-state index contributed by atoms with van der Waals surface area (Å²) >= 11 is 0. The third-order valence-corrected chi connectivity index (χ3v) is 5.14. The molecule has 4 aromatic rings. The fourth-order valence-electron chi connectivity index (χ4n) is 3.49. The molecule has 0 aliphatic carbocycles. The molecule has 0 atom stereocenters. The fourth-order valence-corrected chi connectivity index (χ4v) is 3.49. The zero-order valence-electron chi connectivity index (χ0n) is 17.4. The molecular weight excluding hydrogens is 416 g/mol. The average molecular weight is 434 g/mol. The second-order valence-electron chi connectivity index (χ2n) is 7.22. The van der Waals surface area contributed by atoms with Crippen LogP contribution in [0.2, 0.25) is 0 Å². The van der Waals surface area contributed by atoms with Crippen LogP contribution in [0, 0.1) is 0 Å². The largest absolute Gasteiger partial charge is 0.456 e. The molecule has 0 aromatic heterocycles. The van der Waals surface area contributed by atoms with E-state index in [1.807, 2.05) is 60.7 Å². The van der Waals surface area contributed by atoms with Crippen LogP contribution in [0.15, 0.2) is 97.1 Å². The minimum Gasteiger partial charge on any atom is -0.456 e. The van der Waals surface area contributed by atoms with Crippen molar-refractivity contribution in [2.75, 3.05) is 0 Å². The van der Waals surface area contributed by atoms with Gasteiger partial charge in [0.15, 0.2) is 12.6 Å². The molecule has 5 heteroatoms. The van der Waals surface area contributed by atoms with Crippen molar-refractivity contribution < 1.29 is 23.9 Å². The van der Waals surface area contributed by atoms with Gasteiger partial charge in [0.05, 0.1) is 11.1 Å². The van der Waals surface area contributed by atoms with E-state index < -0.39 is 11.6 Å². The first kappa shape index (κ1) is 21.6. The van der Waals surface area contributed by atoms with E-state index in [1.165, 1.54) is 0 Å². The average Bonchev–Trinajstić information content (AvgIpc) is 2.89. The van der Waals surface area contributed by atoms with Gasteiger partial charge in [-0.25, -0.2) is 0 Å². The van der Waals surface area contributed by atoms with Crippen molar-refractivity contribution >= 4 is 24.1 Å². The smallest absolute Gasteiger partial charge is 0.229 e. The van der Waals surface area contributed by atoms with E-state index in [9.17, 15) is 19.2 Å². The predicted octanol–water partition coefficient (Wildman–Crippen LogP) is 5.58. The third kappa shape index (κ3) is 4.67. The number of aldehydes is 2. The predicted molar refractivity (Wildman–Crippen MR) is 125 cm³/mol. The van der Waals surface area contributed by atoms with Crippen LogP contribution in [0.3, 0.4) is 0 Å². The number of ketones is 2. The molecule has 0 unspecified atom stereocenters. The van der Waals surface area contributed by atoms with Crippen LogP contribution in [0.5, 0.6) is 11.5 Å². The zero-order chi connectivity index (χ0) is 23.2. The van der Waals surface area contributed by atoms with Crippen LogP contribution in [-0.4, -0.2) is 24.1 Å². The molecule has 0 N–H and O–H groups in total. The molecule has 0 saturated heterocycles. The molecule has 0 bridgehead atoms. The molecule has 0 saturated carbocycles. The Labute approximate surface area is 190 Å². The topological polar surface area (TPSA) is 77.5 Å². The Morgan fingerprint density at radius 1 is 0.515 bits per heavy atom. The van der Waals surface area contributed by atoms with Gasteiger partial charge in [0, 0.05) is 0 Å². The maximum absolute atomic E-state index is 12.4. The molecule has 0 aliphatic rings. The van der Waals surface area contributed by atoms with E-state index in [2.05, 4.69) is 0 Å². The number of ether oxygens (including phenoxy) is 1. The summed E-state index contributed by atoms with van der Waals surface area (Å²) in [5.74, 6) is -1.29. The van der Waals surface area contributed by atoms with Crippen molar-refractivity contribution in [3.05, 3.63) is 108 Å². The minimum atomic E-state index is -0.757. The molecule has 5 nitrogen and oxygen atoms in total. The van der Waals surface area contributed by atoms with E-state index in [4.69, 9.17) is 4.74 Å². The lowest BCUT2D eigenvalue weighted by Gasteiger charge is -2.14. The molecule has 0 heterocycles. The normalized spacial score (nSPS) is 10.3. The number of benzene rings is 4.